The molecule has 1 fully saturated rings. The van der Waals surface area contributed by atoms with E-state index in [1.165, 1.54) is 6.92 Å². The normalized spacial score (nSPS) is 14.6. The second kappa shape index (κ2) is 9.08. The molecule has 0 aromatic heterocycles. The molecule has 2 aromatic carbocycles. The molecule has 1 heterocycles. The molecular formula is C21H25ClN4O2. The molecule has 1 saturated heterocycles. The third-order valence-corrected chi connectivity index (χ3v) is 5.04. The van der Waals surface area contributed by atoms with Crippen molar-refractivity contribution < 1.29 is 9.59 Å². The first-order valence-corrected chi connectivity index (χ1v) is 9.68. The fourth-order valence-electron chi connectivity index (χ4n) is 3.13. The minimum atomic E-state index is -0.191. The molecule has 28 heavy (non-hydrogen) atoms. The zero-order valence-corrected chi connectivity index (χ0v) is 16.9. The summed E-state index contributed by atoms with van der Waals surface area (Å²) in [5, 5.41) is 6.32. The lowest BCUT2D eigenvalue weighted by Crippen LogP contribution is -2.44. The van der Waals surface area contributed by atoms with Gasteiger partial charge in [0.2, 0.25) is 5.91 Å². The number of hydrogen-bond acceptors (Lipinski definition) is 4. The summed E-state index contributed by atoms with van der Waals surface area (Å²) in [5.74, 6) is -0.275. The SMILES string of the molecule is CC(=O)NCc1ccc(C(=O)Nc2cc(Cl)ccc2N2CCN(C)CC2)cc1. The summed E-state index contributed by atoms with van der Waals surface area (Å²) in [6.45, 7) is 5.68. The van der Waals surface area contributed by atoms with Gasteiger partial charge in [-0.25, -0.2) is 0 Å². The zero-order chi connectivity index (χ0) is 20.1. The van der Waals surface area contributed by atoms with Crippen molar-refractivity contribution in [3.05, 3.63) is 58.6 Å². The van der Waals surface area contributed by atoms with Crippen LogP contribution in [-0.2, 0) is 11.3 Å². The Labute approximate surface area is 170 Å². The first-order valence-electron chi connectivity index (χ1n) is 9.30. The predicted molar refractivity (Wildman–Crippen MR) is 113 cm³/mol. The molecule has 2 aromatic rings. The van der Waals surface area contributed by atoms with Crippen LogP contribution in [0.1, 0.15) is 22.8 Å². The summed E-state index contributed by atoms with van der Waals surface area (Å²) in [6.07, 6.45) is 0. The van der Waals surface area contributed by atoms with E-state index < -0.39 is 0 Å². The second-order valence-electron chi connectivity index (χ2n) is 7.01. The van der Waals surface area contributed by atoms with E-state index in [0.29, 0.717) is 22.8 Å². The van der Waals surface area contributed by atoms with E-state index in [-0.39, 0.29) is 11.8 Å². The molecule has 3 rings (SSSR count). The van der Waals surface area contributed by atoms with Gasteiger partial charge >= 0.3 is 0 Å². The molecule has 0 saturated carbocycles. The first-order chi connectivity index (χ1) is 13.4. The van der Waals surface area contributed by atoms with Crippen molar-refractivity contribution in [1.29, 1.82) is 0 Å². The van der Waals surface area contributed by atoms with Crippen LogP contribution in [0, 0.1) is 0 Å². The minimum Gasteiger partial charge on any atom is -0.367 e. The average Bonchev–Trinajstić information content (AvgIpc) is 2.68. The molecule has 0 radical (unpaired) electrons. The molecule has 0 atom stereocenters. The van der Waals surface area contributed by atoms with E-state index in [1.54, 1.807) is 18.2 Å². The van der Waals surface area contributed by atoms with Crippen molar-refractivity contribution in [2.75, 3.05) is 43.4 Å². The number of anilines is 2. The van der Waals surface area contributed by atoms with Gasteiger partial charge in [0.15, 0.2) is 0 Å². The minimum absolute atomic E-state index is 0.0841. The van der Waals surface area contributed by atoms with Gasteiger partial charge in [-0.3, -0.25) is 9.59 Å². The summed E-state index contributed by atoms with van der Waals surface area (Å²) < 4.78 is 0. The molecule has 1 aliphatic rings. The maximum Gasteiger partial charge on any atom is 0.255 e. The highest BCUT2D eigenvalue weighted by Crippen LogP contribution is 2.30. The van der Waals surface area contributed by atoms with Gasteiger partial charge in [0, 0.05) is 50.2 Å². The Bertz CT molecular complexity index is 846. The van der Waals surface area contributed by atoms with Gasteiger partial charge in [0.1, 0.15) is 0 Å². The number of piperazine rings is 1. The molecule has 0 spiro atoms. The van der Waals surface area contributed by atoms with Gasteiger partial charge in [-0.2, -0.15) is 0 Å². The summed E-state index contributed by atoms with van der Waals surface area (Å²) in [4.78, 5) is 28.3. The number of nitrogens with zero attached hydrogens (tertiary/aromatic N) is 2. The van der Waals surface area contributed by atoms with E-state index in [9.17, 15) is 9.59 Å². The highest BCUT2D eigenvalue weighted by atomic mass is 35.5. The standard InChI is InChI=1S/C21H25ClN4O2/c1-15(27)23-14-16-3-5-17(6-4-16)21(28)24-19-13-18(22)7-8-20(19)26-11-9-25(2)10-12-26/h3-8,13H,9-12,14H2,1-2H3,(H,23,27)(H,24,28). The van der Waals surface area contributed by atoms with Crippen LogP contribution in [0.2, 0.25) is 5.02 Å². The number of rotatable bonds is 5. The van der Waals surface area contributed by atoms with Gasteiger partial charge < -0.3 is 20.4 Å². The molecule has 0 aliphatic carbocycles. The Balaban J connectivity index is 1.73. The number of carbonyl (C=O) groups is 2. The number of benzene rings is 2. The van der Waals surface area contributed by atoms with Crippen molar-refractivity contribution in [3.63, 3.8) is 0 Å². The lowest BCUT2D eigenvalue weighted by Gasteiger charge is -2.35. The van der Waals surface area contributed by atoms with Gasteiger partial charge in [-0.05, 0) is 42.9 Å². The molecule has 7 heteroatoms. The van der Waals surface area contributed by atoms with E-state index in [1.807, 2.05) is 24.3 Å². The number of likely N-dealkylation sites (N-methyl/N-ethyl adjacent to an activating group) is 1. The summed E-state index contributed by atoms with van der Waals surface area (Å²) in [6, 6.07) is 12.8. The third kappa shape index (κ3) is 5.24. The van der Waals surface area contributed by atoms with E-state index >= 15 is 0 Å². The van der Waals surface area contributed by atoms with Gasteiger partial charge in [-0.1, -0.05) is 23.7 Å². The van der Waals surface area contributed by atoms with Crippen LogP contribution < -0.4 is 15.5 Å². The highest BCUT2D eigenvalue weighted by Gasteiger charge is 2.18. The van der Waals surface area contributed by atoms with E-state index in [2.05, 4.69) is 27.5 Å². The molecule has 0 unspecified atom stereocenters. The Morgan fingerprint density at radius 3 is 2.36 bits per heavy atom. The Morgan fingerprint density at radius 1 is 1.04 bits per heavy atom. The van der Waals surface area contributed by atoms with Crippen LogP contribution in [0.15, 0.2) is 42.5 Å². The first kappa shape index (κ1) is 20.2. The fourth-order valence-corrected chi connectivity index (χ4v) is 3.30. The van der Waals surface area contributed by atoms with Crippen molar-refractivity contribution in [3.8, 4) is 0 Å². The van der Waals surface area contributed by atoms with Crippen LogP contribution in [0.5, 0.6) is 0 Å². The smallest absolute Gasteiger partial charge is 0.255 e. The number of nitrogens with one attached hydrogen (secondary N) is 2. The van der Waals surface area contributed by atoms with Gasteiger partial charge in [0.25, 0.3) is 5.91 Å². The third-order valence-electron chi connectivity index (χ3n) is 4.81. The molecule has 148 valence electrons. The monoisotopic (exact) mass is 400 g/mol. The largest absolute Gasteiger partial charge is 0.367 e. The van der Waals surface area contributed by atoms with Crippen LogP contribution in [0.25, 0.3) is 0 Å². The number of carbonyl (C=O) groups excluding carboxylic acids is 2. The quantitative estimate of drug-likeness (QED) is 0.809. The number of hydrogen-bond donors (Lipinski definition) is 2. The van der Waals surface area contributed by atoms with Crippen molar-refractivity contribution in [2.24, 2.45) is 0 Å². The van der Waals surface area contributed by atoms with Crippen molar-refractivity contribution in [1.82, 2.24) is 10.2 Å². The molecule has 2 N–H and O–H groups in total. The molecule has 6 nitrogen and oxygen atoms in total. The highest BCUT2D eigenvalue weighted by molar-refractivity contribution is 6.31. The molecular weight excluding hydrogens is 376 g/mol. The van der Waals surface area contributed by atoms with E-state index in [4.69, 9.17) is 11.6 Å². The van der Waals surface area contributed by atoms with E-state index in [0.717, 1.165) is 37.4 Å². The van der Waals surface area contributed by atoms with Gasteiger partial charge in [-0.15, -0.1) is 0 Å². The maximum absolute atomic E-state index is 12.7. The summed E-state index contributed by atoms with van der Waals surface area (Å²) in [7, 11) is 2.11. The fraction of sp³-hybridized carbons (Fsp3) is 0.333. The lowest BCUT2D eigenvalue weighted by atomic mass is 10.1. The second-order valence-corrected chi connectivity index (χ2v) is 7.45. The number of halogens is 1. The van der Waals surface area contributed by atoms with Gasteiger partial charge in [0.05, 0.1) is 11.4 Å². The Kier molecular flexibility index (Phi) is 6.54. The lowest BCUT2D eigenvalue weighted by molar-refractivity contribution is -0.119. The zero-order valence-electron chi connectivity index (χ0n) is 16.2. The molecule has 1 aliphatic heterocycles. The van der Waals surface area contributed by atoms with Crippen molar-refractivity contribution >= 4 is 34.8 Å². The predicted octanol–water partition coefficient (Wildman–Crippen LogP) is 2.98. The topological polar surface area (TPSA) is 64.7 Å². The van der Waals surface area contributed by atoms with Crippen LogP contribution >= 0.6 is 11.6 Å². The summed E-state index contributed by atoms with van der Waals surface area (Å²) in [5.41, 5.74) is 3.18. The average molecular weight is 401 g/mol. The Morgan fingerprint density at radius 2 is 1.71 bits per heavy atom. The summed E-state index contributed by atoms with van der Waals surface area (Å²) >= 11 is 6.18. The maximum atomic E-state index is 12.7. The Hall–Kier alpha value is -2.57. The number of amides is 2. The van der Waals surface area contributed by atoms with Crippen LogP contribution in [0.4, 0.5) is 11.4 Å². The van der Waals surface area contributed by atoms with Crippen LogP contribution in [0.3, 0.4) is 0 Å². The van der Waals surface area contributed by atoms with Crippen molar-refractivity contribution in [2.45, 2.75) is 13.5 Å². The molecule has 0 bridgehead atoms. The van der Waals surface area contributed by atoms with Crippen LogP contribution in [-0.4, -0.2) is 49.9 Å². The molecule has 2 amide bonds.